The van der Waals surface area contributed by atoms with E-state index in [2.05, 4.69) is 5.32 Å². The van der Waals surface area contributed by atoms with Crippen LogP contribution in [-0.2, 0) is 14.4 Å². The van der Waals surface area contributed by atoms with E-state index in [1.165, 1.54) is 0 Å². The van der Waals surface area contributed by atoms with Gasteiger partial charge in [-0.15, -0.1) is 0 Å². The number of rotatable bonds is 3. The number of nitrogens with zero attached hydrogens (tertiary/aromatic N) is 1. The molecule has 1 aliphatic carbocycles. The lowest BCUT2D eigenvalue weighted by molar-refractivity contribution is -0.146. The molecule has 1 saturated heterocycles. The quantitative estimate of drug-likeness (QED) is 0.794. The Morgan fingerprint density at radius 2 is 1.65 bits per heavy atom. The van der Waals surface area contributed by atoms with Crippen molar-refractivity contribution in [3.63, 3.8) is 0 Å². The van der Waals surface area contributed by atoms with Crippen LogP contribution in [0.1, 0.15) is 39.0 Å². The second-order valence-electron chi connectivity index (χ2n) is 5.77. The fourth-order valence-corrected chi connectivity index (χ4v) is 3.22. The Kier molecular flexibility index (Phi) is 4.62. The summed E-state index contributed by atoms with van der Waals surface area (Å²) in [5.41, 5.74) is 0. The Bertz CT molecular complexity index is 402. The number of hydrogen-bond acceptors (Lipinski definition) is 3. The number of carbonyl (C=O) groups excluding carboxylic acids is 2. The maximum Gasteiger partial charge on any atom is 0.307 e. The number of carboxylic acids is 1. The lowest BCUT2D eigenvalue weighted by Crippen LogP contribution is -2.48. The molecule has 2 N–H and O–H groups in total. The molecule has 1 heterocycles. The number of piperidine rings is 1. The minimum Gasteiger partial charge on any atom is -0.481 e. The zero-order valence-electron chi connectivity index (χ0n) is 11.8. The van der Waals surface area contributed by atoms with Gasteiger partial charge in [-0.3, -0.25) is 14.4 Å². The molecule has 2 unspecified atom stereocenters. The van der Waals surface area contributed by atoms with Gasteiger partial charge < -0.3 is 15.3 Å². The summed E-state index contributed by atoms with van der Waals surface area (Å²) in [6.07, 6.45) is 3.55. The molecule has 2 aliphatic rings. The average Bonchev–Trinajstić information content (AvgIpc) is 2.88. The molecule has 2 rings (SSSR count). The summed E-state index contributed by atoms with van der Waals surface area (Å²) in [6, 6.07) is 0.0631. The Morgan fingerprint density at radius 3 is 2.20 bits per heavy atom. The third-order valence-corrected chi connectivity index (χ3v) is 4.46. The number of hydrogen-bond donors (Lipinski definition) is 2. The SMILES string of the molecule is CC(=O)N1CCC(NC(=O)C2CCCC2C(=O)O)CC1. The first-order chi connectivity index (χ1) is 9.49. The first-order valence-corrected chi connectivity index (χ1v) is 7.27. The van der Waals surface area contributed by atoms with Crippen LogP contribution < -0.4 is 5.32 Å². The number of likely N-dealkylation sites (tertiary alicyclic amines) is 1. The zero-order valence-corrected chi connectivity index (χ0v) is 11.8. The Balaban J connectivity index is 1.83. The highest BCUT2D eigenvalue weighted by Gasteiger charge is 2.38. The topological polar surface area (TPSA) is 86.7 Å². The van der Waals surface area contributed by atoms with Crippen molar-refractivity contribution < 1.29 is 19.5 Å². The van der Waals surface area contributed by atoms with Gasteiger partial charge in [-0.2, -0.15) is 0 Å². The molecule has 6 heteroatoms. The Morgan fingerprint density at radius 1 is 1.05 bits per heavy atom. The van der Waals surface area contributed by atoms with Gasteiger partial charge in [0.15, 0.2) is 0 Å². The fourth-order valence-electron chi connectivity index (χ4n) is 3.22. The van der Waals surface area contributed by atoms with Crippen LogP contribution in [0, 0.1) is 11.8 Å². The molecule has 112 valence electrons. The molecule has 20 heavy (non-hydrogen) atoms. The van der Waals surface area contributed by atoms with Gasteiger partial charge in [0.25, 0.3) is 0 Å². The summed E-state index contributed by atoms with van der Waals surface area (Å²) in [6.45, 7) is 2.87. The number of carboxylic acid groups (broad SMARTS) is 1. The van der Waals surface area contributed by atoms with E-state index in [4.69, 9.17) is 5.11 Å². The van der Waals surface area contributed by atoms with Crippen LogP contribution in [0.3, 0.4) is 0 Å². The predicted molar refractivity (Wildman–Crippen MR) is 71.9 cm³/mol. The van der Waals surface area contributed by atoms with E-state index < -0.39 is 17.8 Å². The molecule has 1 saturated carbocycles. The Hall–Kier alpha value is -1.59. The van der Waals surface area contributed by atoms with Crippen molar-refractivity contribution in [1.29, 1.82) is 0 Å². The van der Waals surface area contributed by atoms with E-state index in [1.54, 1.807) is 11.8 Å². The van der Waals surface area contributed by atoms with E-state index in [0.29, 0.717) is 25.9 Å². The first kappa shape index (κ1) is 14.8. The smallest absolute Gasteiger partial charge is 0.307 e. The summed E-state index contributed by atoms with van der Waals surface area (Å²) in [4.78, 5) is 36.3. The lowest BCUT2D eigenvalue weighted by Gasteiger charge is -2.32. The minimum atomic E-state index is -0.867. The molecule has 2 fully saturated rings. The Labute approximate surface area is 118 Å². The second-order valence-corrected chi connectivity index (χ2v) is 5.77. The highest BCUT2D eigenvalue weighted by Crippen LogP contribution is 2.32. The molecule has 6 nitrogen and oxygen atoms in total. The van der Waals surface area contributed by atoms with Crippen molar-refractivity contribution >= 4 is 17.8 Å². The van der Waals surface area contributed by atoms with Crippen molar-refractivity contribution in [2.45, 2.75) is 45.1 Å². The zero-order chi connectivity index (χ0) is 14.7. The normalized spacial score (nSPS) is 27.4. The van der Waals surface area contributed by atoms with Crippen LogP contribution in [0.4, 0.5) is 0 Å². The molecular formula is C14H22N2O4. The molecular weight excluding hydrogens is 260 g/mol. The van der Waals surface area contributed by atoms with Gasteiger partial charge in [-0.1, -0.05) is 6.42 Å². The van der Waals surface area contributed by atoms with Gasteiger partial charge in [-0.25, -0.2) is 0 Å². The van der Waals surface area contributed by atoms with Crippen LogP contribution in [0.25, 0.3) is 0 Å². The highest BCUT2D eigenvalue weighted by atomic mass is 16.4. The summed E-state index contributed by atoms with van der Waals surface area (Å²) in [5, 5.41) is 12.1. The van der Waals surface area contributed by atoms with Gasteiger partial charge in [0.2, 0.25) is 11.8 Å². The van der Waals surface area contributed by atoms with E-state index >= 15 is 0 Å². The van der Waals surface area contributed by atoms with E-state index in [0.717, 1.165) is 19.3 Å². The molecule has 0 aromatic heterocycles. The van der Waals surface area contributed by atoms with Gasteiger partial charge in [0.05, 0.1) is 11.8 Å². The van der Waals surface area contributed by atoms with Crippen molar-refractivity contribution in [1.82, 2.24) is 10.2 Å². The van der Waals surface area contributed by atoms with Gasteiger partial charge >= 0.3 is 5.97 Å². The van der Waals surface area contributed by atoms with Gasteiger partial charge in [0.1, 0.15) is 0 Å². The van der Waals surface area contributed by atoms with Gasteiger partial charge in [-0.05, 0) is 25.7 Å². The molecule has 0 spiro atoms. The molecule has 0 aromatic carbocycles. The van der Waals surface area contributed by atoms with E-state index in [1.807, 2.05) is 0 Å². The van der Waals surface area contributed by atoms with Crippen molar-refractivity contribution in [3.8, 4) is 0 Å². The lowest BCUT2D eigenvalue weighted by atomic mass is 9.94. The summed E-state index contributed by atoms with van der Waals surface area (Å²) in [5.74, 6) is -1.85. The third-order valence-electron chi connectivity index (χ3n) is 4.46. The van der Waals surface area contributed by atoms with Crippen LogP contribution in [0.2, 0.25) is 0 Å². The summed E-state index contributed by atoms with van der Waals surface area (Å²) < 4.78 is 0. The monoisotopic (exact) mass is 282 g/mol. The maximum absolute atomic E-state index is 12.2. The number of nitrogens with one attached hydrogen (secondary N) is 1. The molecule has 0 aromatic rings. The fraction of sp³-hybridized carbons (Fsp3) is 0.786. The van der Waals surface area contributed by atoms with Crippen molar-refractivity contribution in [2.24, 2.45) is 11.8 Å². The number of aliphatic carboxylic acids is 1. The molecule has 1 aliphatic heterocycles. The summed E-state index contributed by atoms with van der Waals surface area (Å²) in [7, 11) is 0. The van der Waals surface area contributed by atoms with Crippen LogP contribution in [0.15, 0.2) is 0 Å². The van der Waals surface area contributed by atoms with Gasteiger partial charge in [0, 0.05) is 26.1 Å². The van der Waals surface area contributed by atoms with Crippen molar-refractivity contribution in [2.75, 3.05) is 13.1 Å². The standard InChI is InChI=1S/C14H22N2O4/c1-9(17)16-7-5-10(6-8-16)15-13(18)11-3-2-4-12(11)14(19)20/h10-12H,2-8H2,1H3,(H,15,18)(H,19,20). The minimum absolute atomic E-state index is 0.0631. The van der Waals surface area contributed by atoms with Crippen LogP contribution in [-0.4, -0.2) is 46.9 Å². The number of carbonyl (C=O) groups is 3. The summed E-state index contributed by atoms with van der Waals surface area (Å²) >= 11 is 0. The third kappa shape index (κ3) is 3.29. The molecule has 0 radical (unpaired) electrons. The van der Waals surface area contributed by atoms with Crippen LogP contribution in [0.5, 0.6) is 0 Å². The molecule has 2 atom stereocenters. The highest BCUT2D eigenvalue weighted by molar-refractivity contribution is 5.85. The maximum atomic E-state index is 12.2. The predicted octanol–water partition coefficient (Wildman–Crippen LogP) is 0.614. The largest absolute Gasteiger partial charge is 0.481 e. The van der Waals surface area contributed by atoms with E-state index in [-0.39, 0.29) is 17.9 Å². The number of amides is 2. The van der Waals surface area contributed by atoms with Crippen molar-refractivity contribution in [3.05, 3.63) is 0 Å². The molecule has 0 bridgehead atoms. The molecule has 2 amide bonds. The average molecular weight is 282 g/mol. The van der Waals surface area contributed by atoms with E-state index in [9.17, 15) is 14.4 Å². The van der Waals surface area contributed by atoms with Crippen LogP contribution >= 0.6 is 0 Å². The first-order valence-electron chi connectivity index (χ1n) is 7.27. The second kappa shape index (κ2) is 6.24.